The first-order valence-electron chi connectivity index (χ1n) is 12.3. The van der Waals surface area contributed by atoms with Crippen LogP contribution in [0.25, 0.3) is 11.3 Å². The maximum Gasteiger partial charge on any atom is 0.389 e. The number of benzene rings is 1. The Balaban J connectivity index is 0.00000161. The highest BCUT2D eigenvalue weighted by atomic mass is 35.5. The molecule has 2 N–H and O–H groups in total. The predicted octanol–water partition coefficient (Wildman–Crippen LogP) is 5.12. The predicted molar refractivity (Wildman–Crippen MR) is 138 cm³/mol. The number of hydrogen-bond donors (Lipinski definition) is 2. The third-order valence-electron chi connectivity index (χ3n) is 6.64. The van der Waals surface area contributed by atoms with Crippen LogP contribution in [0.1, 0.15) is 68.4 Å². The number of rotatable bonds is 9. The summed E-state index contributed by atoms with van der Waals surface area (Å²) in [5, 5.41) is 18.1. The Kier molecular flexibility index (Phi) is 11.8. The number of carbonyl (C=O) groups excluding carboxylic acids is 1. The number of alkyl halides is 3. The molecule has 13 heteroatoms. The van der Waals surface area contributed by atoms with Crippen molar-refractivity contribution in [3.8, 4) is 17.0 Å². The Morgan fingerprint density at radius 3 is 2.50 bits per heavy atom. The Bertz CT molecular complexity index is 1130. The van der Waals surface area contributed by atoms with Gasteiger partial charge in [-0.3, -0.25) is 9.48 Å². The third kappa shape index (κ3) is 8.81. The minimum absolute atomic E-state index is 0.0186. The third-order valence-corrected chi connectivity index (χ3v) is 7.00. The van der Waals surface area contributed by atoms with Crippen molar-refractivity contribution in [3.63, 3.8) is 0 Å². The summed E-state index contributed by atoms with van der Waals surface area (Å²) in [5.41, 5.74) is 0.901. The number of methoxy groups -OCH3 is 1. The molecule has 2 aromatic rings. The van der Waals surface area contributed by atoms with Gasteiger partial charge in [-0.15, -0.1) is 0 Å². The molecule has 38 heavy (non-hydrogen) atoms. The molecule has 1 aliphatic rings. The Labute approximate surface area is 228 Å². The average molecular weight is 580 g/mol. The molecule has 8 nitrogen and oxygen atoms in total. The molecule has 1 fully saturated rings. The second-order valence-corrected chi connectivity index (χ2v) is 10.0. The molecule has 212 valence electrons. The average Bonchev–Trinajstić information content (AvgIpc) is 3.20. The Hall–Kier alpha value is -2.44. The number of ether oxygens (including phenoxy) is 1. The summed E-state index contributed by atoms with van der Waals surface area (Å²) in [5.74, 6) is 0.524. The van der Waals surface area contributed by atoms with Crippen LogP contribution in [0.4, 0.5) is 13.2 Å². The van der Waals surface area contributed by atoms with Crippen LogP contribution in [0.2, 0.25) is 5.02 Å². The van der Waals surface area contributed by atoms with Crippen LogP contribution in [0.5, 0.6) is 5.75 Å². The molecule has 0 radical (unpaired) electrons. The second-order valence-electron chi connectivity index (χ2n) is 9.49. The summed E-state index contributed by atoms with van der Waals surface area (Å²) < 4.78 is 61.1. The summed E-state index contributed by atoms with van der Waals surface area (Å²) in [6.07, 6.45) is -1.72. The van der Waals surface area contributed by atoms with Gasteiger partial charge in [0.2, 0.25) is 0 Å². The summed E-state index contributed by atoms with van der Waals surface area (Å²) in [4.78, 5) is 12.9. The molecule has 1 aliphatic carbocycles. The van der Waals surface area contributed by atoms with E-state index in [1.54, 1.807) is 22.9 Å². The first kappa shape index (κ1) is 31.8. The summed E-state index contributed by atoms with van der Waals surface area (Å²) in [6.45, 7) is 4.57. The fourth-order valence-corrected chi connectivity index (χ4v) is 4.78. The zero-order chi connectivity index (χ0) is 28.5. The molecule has 0 unspecified atom stereocenters. The van der Waals surface area contributed by atoms with Crippen LogP contribution in [-0.2, 0) is 24.5 Å². The van der Waals surface area contributed by atoms with Gasteiger partial charge < -0.3 is 15.2 Å². The maximum atomic E-state index is 12.9. The maximum absolute atomic E-state index is 12.9. The van der Waals surface area contributed by atoms with E-state index in [-0.39, 0.29) is 30.1 Å². The van der Waals surface area contributed by atoms with Gasteiger partial charge in [-0.05, 0) is 69.1 Å². The van der Waals surface area contributed by atoms with E-state index in [1.807, 2.05) is 6.92 Å². The number of nitrogens with one attached hydrogen (secondary N) is 1. The molecule has 1 aromatic carbocycles. The van der Waals surface area contributed by atoms with E-state index in [9.17, 15) is 23.1 Å². The lowest BCUT2D eigenvalue weighted by Crippen LogP contribution is -2.45. The van der Waals surface area contributed by atoms with E-state index in [0.29, 0.717) is 47.9 Å². The van der Waals surface area contributed by atoms with Crippen LogP contribution in [0.3, 0.4) is 0 Å². The largest absolute Gasteiger partial charge is 0.496 e. The summed E-state index contributed by atoms with van der Waals surface area (Å²) in [6, 6.07) is 5.15. The molecular formula is C25H33ClF3N3O5S. The SMILES string of the molecule is CCn1nc(C(=O)NCC2(O)CCC(C)CC2)c(Cl)c1-c1ccc(CCCC(F)(F)F)cc1OC.O=S=O. The van der Waals surface area contributed by atoms with Gasteiger partial charge in [0.15, 0.2) is 5.69 Å². The first-order valence-corrected chi connectivity index (χ1v) is 13.3. The standard InChI is InChI=1S/C25H33ClF3N3O3.O2S/c1-4-32-22(18-8-7-17(14-19(18)35-3)6-5-11-25(27,28)29)20(26)21(31-32)23(33)30-15-24(34)12-9-16(2)10-13-24;1-3-2/h7-8,14,16,34H,4-6,9-13,15H2,1-3H3,(H,30,33);. The van der Waals surface area contributed by atoms with Crippen molar-refractivity contribution in [2.24, 2.45) is 5.92 Å². The first-order chi connectivity index (χ1) is 17.9. The number of hydrogen-bond acceptors (Lipinski definition) is 6. The van der Waals surface area contributed by atoms with Crippen LogP contribution in [-0.4, -0.2) is 54.6 Å². The van der Waals surface area contributed by atoms with E-state index in [0.717, 1.165) is 12.8 Å². The number of halogens is 4. The van der Waals surface area contributed by atoms with Crippen molar-refractivity contribution in [2.75, 3.05) is 13.7 Å². The number of aromatic nitrogens is 2. The van der Waals surface area contributed by atoms with Gasteiger partial charge in [0.1, 0.15) is 5.75 Å². The fourth-order valence-electron chi connectivity index (χ4n) is 4.46. The van der Waals surface area contributed by atoms with Gasteiger partial charge in [-0.25, -0.2) is 0 Å². The summed E-state index contributed by atoms with van der Waals surface area (Å²) in [7, 11) is 1.47. The number of aryl methyl sites for hydroxylation is 2. The molecule has 1 amide bonds. The van der Waals surface area contributed by atoms with Crippen molar-refractivity contribution in [1.29, 1.82) is 0 Å². The van der Waals surface area contributed by atoms with Crippen LogP contribution in [0.15, 0.2) is 18.2 Å². The summed E-state index contributed by atoms with van der Waals surface area (Å²) >= 11 is 5.88. The Morgan fingerprint density at radius 1 is 1.32 bits per heavy atom. The van der Waals surface area contributed by atoms with Crippen molar-refractivity contribution < 1.29 is 36.2 Å². The number of amides is 1. The lowest BCUT2D eigenvalue weighted by Gasteiger charge is -2.34. The Morgan fingerprint density at radius 2 is 1.95 bits per heavy atom. The lowest BCUT2D eigenvalue weighted by atomic mass is 9.79. The minimum Gasteiger partial charge on any atom is -0.496 e. The van der Waals surface area contributed by atoms with E-state index in [4.69, 9.17) is 24.8 Å². The lowest BCUT2D eigenvalue weighted by molar-refractivity contribution is -0.135. The monoisotopic (exact) mass is 579 g/mol. The molecule has 0 atom stereocenters. The number of carbonyl (C=O) groups is 1. The highest BCUT2D eigenvalue weighted by Crippen LogP contribution is 2.38. The van der Waals surface area contributed by atoms with E-state index < -0.39 is 35.7 Å². The molecule has 0 aliphatic heterocycles. The molecule has 1 heterocycles. The molecule has 0 bridgehead atoms. The van der Waals surface area contributed by atoms with E-state index >= 15 is 0 Å². The number of nitrogens with zero attached hydrogens (tertiary/aromatic N) is 2. The normalized spacial score (nSPS) is 19.3. The molecule has 0 saturated heterocycles. The van der Waals surface area contributed by atoms with Crippen molar-refractivity contribution in [3.05, 3.63) is 34.5 Å². The van der Waals surface area contributed by atoms with Crippen molar-refractivity contribution in [1.82, 2.24) is 15.1 Å². The quantitative estimate of drug-likeness (QED) is 0.427. The van der Waals surface area contributed by atoms with Gasteiger partial charge in [0.25, 0.3) is 5.91 Å². The van der Waals surface area contributed by atoms with Gasteiger partial charge >= 0.3 is 17.7 Å². The van der Waals surface area contributed by atoms with Gasteiger partial charge in [-0.2, -0.15) is 26.7 Å². The highest BCUT2D eigenvalue weighted by molar-refractivity contribution is 7.51. The van der Waals surface area contributed by atoms with Crippen molar-refractivity contribution in [2.45, 2.75) is 77.1 Å². The second kappa shape index (κ2) is 14.1. The van der Waals surface area contributed by atoms with Crippen LogP contribution in [0, 0.1) is 5.92 Å². The highest BCUT2D eigenvalue weighted by Gasteiger charge is 2.33. The van der Waals surface area contributed by atoms with E-state index in [1.165, 1.54) is 7.11 Å². The molecular weight excluding hydrogens is 547 g/mol. The molecule has 0 spiro atoms. The topological polar surface area (TPSA) is 111 Å². The zero-order valence-electron chi connectivity index (χ0n) is 21.6. The van der Waals surface area contributed by atoms with Gasteiger partial charge in [0, 0.05) is 25.1 Å². The van der Waals surface area contributed by atoms with E-state index in [2.05, 4.69) is 17.3 Å². The molecule has 1 saturated carbocycles. The van der Waals surface area contributed by atoms with Crippen molar-refractivity contribution >= 4 is 29.1 Å². The zero-order valence-corrected chi connectivity index (χ0v) is 23.1. The molecule has 3 rings (SSSR count). The fraction of sp³-hybridized carbons (Fsp3) is 0.600. The smallest absolute Gasteiger partial charge is 0.389 e. The minimum atomic E-state index is -4.19. The van der Waals surface area contributed by atoms with Crippen LogP contribution >= 0.6 is 11.6 Å². The van der Waals surface area contributed by atoms with Gasteiger partial charge in [0.05, 0.1) is 23.4 Å². The number of aliphatic hydroxyl groups is 1. The molecule has 1 aromatic heterocycles. The van der Waals surface area contributed by atoms with Crippen LogP contribution < -0.4 is 10.1 Å². The van der Waals surface area contributed by atoms with Gasteiger partial charge in [-0.1, -0.05) is 24.6 Å².